The molecule has 0 saturated carbocycles. The Bertz CT molecular complexity index is 857. The van der Waals surface area contributed by atoms with Crippen LogP contribution < -0.4 is 15.3 Å². The molecule has 20 heavy (non-hydrogen) atoms. The van der Waals surface area contributed by atoms with Crippen LogP contribution in [0.5, 0.6) is 23.0 Å². The van der Waals surface area contributed by atoms with Crippen molar-refractivity contribution in [2.45, 2.75) is 0 Å². The fraction of sp³-hybridized carbons (Fsp3) is 0. The van der Waals surface area contributed by atoms with Gasteiger partial charge in [-0.05, 0) is 17.4 Å². The topological polar surface area (TPSA) is 99.3 Å². The van der Waals surface area contributed by atoms with Crippen LogP contribution in [0.2, 0.25) is 0 Å². The van der Waals surface area contributed by atoms with Crippen molar-refractivity contribution in [1.82, 2.24) is 0 Å². The maximum absolute atomic E-state index is 11.2. The molecule has 0 fully saturated rings. The van der Waals surface area contributed by atoms with Gasteiger partial charge in [0.25, 0.3) is 0 Å². The summed E-state index contributed by atoms with van der Waals surface area (Å²) in [6.07, 6.45) is 0. The number of carboxylic acid groups (broad SMARTS) is 1. The maximum atomic E-state index is 11.2. The van der Waals surface area contributed by atoms with Gasteiger partial charge >= 0.3 is 5.97 Å². The summed E-state index contributed by atoms with van der Waals surface area (Å²) in [5, 5.41) is 29.6. The number of nitrogens with zero attached hydrogens (tertiary/aromatic N) is 1. The second kappa shape index (κ2) is 3.99. The van der Waals surface area contributed by atoms with Crippen molar-refractivity contribution in [2.75, 3.05) is 0 Å². The van der Waals surface area contributed by atoms with E-state index in [1.807, 2.05) is 0 Å². The molecule has 2 aromatic rings. The number of carboxylic acids is 1. The smallest absolute Gasteiger partial charge is 0.338 e. The van der Waals surface area contributed by atoms with E-state index in [-0.39, 0.29) is 17.0 Å². The average Bonchev–Trinajstić information content (AvgIpc) is 2.41. The van der Waals surface area contributed by atoms with Gasteiger partial charge in [0.15, 0.2) is 17.2 Å². The molecule has 0 saturated heterocycles. The molecule has 0 unspecified atom stereocenters. The first kappa shape index (κ1) is 12.0. The predicted octanol–water partition coefficient (Wildman–Crippen LogP) is 1.26. The molecule has 3 N–H and O–H groups in total. The quantitative estimate of drug-likeness (QED) is 0.579. The predicted molar refractivity (Wildman–Crippen MR) is 69.2 cm³/mol. The van der Waals surface area contributed by atoms with Crippen LogP contribution in [-0.2, 0) is 0 Å². The van der Waals surface area contributed by atoms with Gasteiger partial charge in [0, 0.05) is 6.07 Å². The third kappa shape index (κ3) is 1.66. The van der Waals surface area contributed by atoms with Gasteiger partial charge in [-0.3, -0.25) is 0 Å². The number of ether oxygens (including phenoxy) is 1. The number of aromatic carboxylic acids is 1. The number of carbonyl (C=O) groups is 1. The van der Waals surface area contributed by atoms with E-state index in [1.54, 1.807) is 18.2 Å². The Morgan fingerprint density at radius 2 is 2.00 bits per heavy atom. The summed E-state index contributed by atoms with van der Waals surface area (Å²) in [5.41, 5.74) is -0.281. The van der Waals surface area contributed by atoms with Gasteiger partial charge in [-0.2, -0.15) is 0 Å². The molecule has 100 valence electrons. The second-order valence-corrected chi connectivity index (χ2v) is 4.29. The zero-order chi connectivity index (χ0) is 14.4. The molecule has 0 spiro atoms. The summed E-state index contributed by atoms with van der Waals surface area (Å²) in [5.74, 6) is -2.25. The zero-order valence-electron chi connectivity index (χ0n) is 10.1. The number of phenols is 2. The lowest BCUT2D eigenvalue weighted by atomic mass is 10.1. The van der Waals surface area contributed by atoms with Crippen LogP contribution in [0.3, 0.4) is 0 Å². The molecule has 0 aliphatic carbocycles. The van der Waals surface area contributed by atoms with Crippen molar-refractivity contribution in [3.8, 4) is 23.0 Å². The molecular weight excluding hydrogens is 262 g/mol. The molecule has 0 amide bonds. The lowest BCUT2D eigenvalue weighted by molar-refractivity contribution is 0.0697. The molecule has 0 radical (unpaired) electrons. The highest BCUT2D eigenvalue weighted by Crippen LogP contribution is 2.48. The molecule has 0 atom stereocenters. The first-order chi connectivity index (χ1) is 9.47. The minimum atomic E-state index is -1.28. The van der Waals surface area contributed by atoms with E-state index in [1.165, 1.54) is 0 Å². The fourth-order valence-electron chi connectivity index (χ4n) is 1.96. The molecule has 3 rings (SSSR count). The van der Waals surface area contributed by atoms with Crippen molar-refractivity contribution in [3.05, 3.63) is 40.4 Å². The summed E-state index contributed by atoms with van der Waals surface area (Å²) >= 11 is 0. The number of benzene rings is 2. The zero-order valence-corrected chi connectivity index (χ0v) is 10.1. The molecule has 0 aromatic heterocycles. The number of fused-ring (bicyclic) bond motifs is 2. The summed E-state index contributed by atoms with van der Waals surface area (Å²) in [6, 6.07) is 5.88. The summed E-state index contributed by atoms with van der Waals surface area (Å²) in [6.45, 7) is 3.74. The highest BCUT2D eigenvalue weighted by molar-refractivity contribution is 5.97. The third-order valence-corrected chi connectivity index (χ3v) is 2.91. The third-order valence-electron chi connectivity index (χ3n) is 2.91. The van der Waals surface area contributed by atoms with E-state index < -0.39 is 17.5 Å². The van der Waals surface area contributed by atoms with E-state index in [0.29, 0.717) is 16.3 Å². The minimum absolute atomic E-state index is 0.0305. The van der Waals surface area contributed by atoms with Gasteiger partial charge in [-0.1, -0.05) is 12.6 Å². The van der Waals surface area contributed by atoms with E-state index in [0.717, 1.165) is 6.07 Å². The Morgan fingerprint density at radius 1 is 1.25 bits per heavy atom. The molecule has 6 heteroatoms. The van der Waals surface area contributed by atoms with Crippen LogP contribution in [-0.4, -0.2) is 21.3 Å². The highest BCUT2D eigenvalue weighted by atomic mass is 16.5. The van der Waals surface area contributed by atoms with Crippen LogP contribution in [0.1, 0.15) is 10.4 Å². The van der Waals surface area contributed by atoms with Crippen molar-refractivity contribution in [1.29, 1.82) is 0 Å². The number of hydrogen-bond donors (Lipinski definition) is 3. The number of hydrogen-bond acceptors (Lipinski definition) is 5. The minimum Gasteiger partial charge on any atom is -0.504 e. The Hall–Kier alpha value is -3.02. The standard InChI is InChI=1S/C14H9NO5/c1-6-2-3-8-10(4-6)20-13-11(15-8)7(14(18)19)5-9(16)12(13)17/h2-5,16-17H,1H2,(H,18,19). The van der Waals surface area contributed by atoms with Gasteiger partial charge in [0.05, 0.1) is 5.56 Å². The fourth-order valence-corrected chi connectivity index (χ4v) is 1.96. The Kier molecular flexibility index (Phi) is 2.40. The highest BCUT2D eigenvalue weighted by Gasteiger charge is 2.25. The van der Waals surface area contributed by atoms with E-state index in [2.05, 4.69) is 11.6 Å². The van der Waals surface area contributed by atoms with Crippen molar-refractivity contribution < 1.29 is 24.9 Å². The van der Waals surface area contributed by atoms with Gasteiger partial charge in [-0.25, -0.2) is 9.79 Å². The molecule has 2 aromatic carbocycles. The van der Waals surface area contributed by atoms with E-state index in [9.17, 15) is 15.0 Å². The van der Waals surface area contributed by atoms with Crippen LogP contribution >= 0.6 is 0 Å². The number of rotatable bonds is 1. The molecule has 6 nitrogen and oxygen atoms in total. The van der Waals surface area contributed by atoms with Crippen molar-refractivity contribution in [3.63, 3.8) is 0 Å². The summed E-state index contributed by atoms with van der Waals surface area (Å²) < 4.78 is 5.45. The van der Waals surface area contributed by atoms with Gasteiger partial charge in [-0.15, -0.1) is 0 Å². The first-order valence-corrected chi connectivity index (χ1v) is 5.65. The monoisotopic (exact) mass is 271 g/mol. The molecular formula is C14H9NO5. The normalized spacial score (nSPS) is 11.8. The molecule has 0 bridgehead atoms. The lowest BCUT2D eigenvalue weighted by Gasteiger charge is -2.17. The summed E-state index contributed by atoms with van der Waals surface area (Å²) in [7, 11) is 0. The van der Waals surface area contributed by atoms with Crippen LogP contribution in [0.15, 0.2) is 29.3 Å². The average molecular weight is 271 g/mol. The van der Waals surface area contributed by atoms with Crippen molar-refractivity contribution >= 4 is 18.2 Å². The second-order valence-electron chi connectivity index (χ2n) is 4.29. The molecule has 1 aliphatic rings. The van der Waals surface area contributed by atoms with E-state index >= 15 is 0 Å². The Morgan fingerprint density at radius 3 is 2.70 bits per heavy atom. The SMILES string of the molecule is C=c1ccc2c(c1)Oc1c(O)c(O)cc(C(=O)O)c1N=2. The lowest BCUT2D eigenvalue weighted by Crippen LogP contribution is -2.14. The Labute approximate surface area is 112 Å². The largest absolute Gasteiger partial charge is 0.504 e. The van der Waals surface area contributed by atoms with Gasteiger partial charge in [0.1, 0.15) is 11.0 Å². The first-order valence-electron chi connectivity index (χ1n) is 5.65. The Balaban J connectivity index is 2.40. The van der Waals surface area contributed by atoms with E-state index in [4.69, 9.17) is 9.84 Å². The molecule has 1 aliphatic heterocycles. The van der Waals surface area contributed by atoms with Crippen molar-refractivity contribution in [2.24, 2.45) is 4.99 Å². The van der Waals surface area contributed by atoms with Crippen LogP contribution in [0.25, 0.3) is 6.58 Å². The number of aromatic hydroxyl groups is 2. The molecule has 1 heterocycles. The van der Waals surface area contributed by atoms with Gasteiger partial charge in [0.2, 0.25) is 5.75 Å². The van der Waals surface area contributed by atoms with Crippen LogP contribution in [0, 0.1) is 0 Å². The van der Waals surface area contributed by atoms with Crippen LogP contribution in [0.4, 0.5) is 5.69 Å². The number of phenolic OH excluding ortho intramolecular Hbond substituents is 2. The maximum Gasteiger partial charge on any atom is 0.338 e. The summed E-state index contributed by atoms with van der Waals surface area (Å²) in [4.78, 5) is 15.4. The van der Waals surface area contributed by atoms with Gasteiger partial charge < -0.3 is 20.1 Å².